The molecule has 0 radical (unpaired) electrons. The van der Waals surface area contributed by atoms with Crippen LogP contribution in [0.1, 0.15) is 12.8 Å². The highest BCUT2D eigenvalue weighted by Gasteiger charge is 2.23. The van der Waals surface area contributed by atoms with Gasteiger partial charge in [0.2, 0.25) is 9.84 Å². The second-order valence-corrected chi connectivity index (χ2v) is 8.95. The number of sulfone groups is 1. The van der Waals surface area contributed by atoms with Crippen molar-refractivity contribution in [3.05, 3.63) is 28.5 Å². The Morgan fingerprint density at radius 2 is 2.00 bits per heavy atom. The summed E-state index contributed by atoms with van der Waals surface area (Å²) in [6.07, 6.45) is 2.76. The number of hydrogen-bond donors (Lipinski definition) is 3. The quantitative estimate of drug-likeness (QED) is 0.621. The van der Waals surface area contributed by atoms with Gasteiger partial charge in [-0.1, -0.05) is 6.07 Å². The summed E-state index contributed by atoms with van der Waals surface area (Å²) in [5, 5.41) is 6.22. The van der Waals surface area contributed by atoms with Gasteiger partial charge in [-0.3, -0.25) is 0 Å². The number of piperidine rings is 1. The first-order valence-corrected chi connectivity index (χ1v) is 10.7. The summed E-state index contributed by atoms with van der Waals surface area (Å²) >= 11 is 3.16. The van der Waals surface area contributed by atoms with Crippen LogP contribution in [0, 0.1) is 5.82 Å². The van der Waals surface area contributed by atoms with Crippen molar-refractivity contribution in [1.29, 1.82) is 0 Å². The summed E-state index contributed by atoms with van der Waals surface area (Å²) in [7, 11) is -3.63. The second-order valence-electron chi connectivity index (χ2n) is 6.18. The Bertz CT molecular complexity index is 932. The van der Waals surface area contributed by atoms with Crippen LogP contribution < -0.4 is 16.4 Å². The van der Waals surface area contributed by atoms with Crippen molar-refractivity contribution < 1.29 is 12.8 Å². The van der Waals surface area contributed by atoms with Gasteiger partial charge in [0, 0.05) is 12.3 Å². The Morgan fingerprint density at radius 1 is 1.31 bits per heavy atom. The molecule has 1 saturated heterocycles. The van der Waals surface area contributed by atoms with Crippen LogP contribution in [0.25, 0.3) is 11.1 Å². The third-order valence-corrected chi connectivity index (χ3v) is 5.59. The van der Waals surface area contributed by atoms with Gasteiger partial charge < -0.3 is 16.4 Å². The maximum absolute atomic E-state index is 13.6. The van der Waals surface area contributed by atoms with Gasteiger partial charge in [-0.2, -0.15) is 0 Å². The largest absolute Gasteiger partial charge is 0.383 e. The van der Waals surface area contributed by atoms with Crippen LogP contribution in [0.5, 0.6) is 0 Å². The van der Waals surface area contributed by atoms with Crippen molar-refractivity contribution in [1.82, 2.24) is 15.3 Å². The lowest BCUT2D eigenvalue weighted by molar-refractivity contribution is 0.478. The van der Waals surface area contributed by atoms with Crippen LogP contribution in [0.4, 0.5) is 16.0 Å². The second kappa shape index (κ2) is 7.45. The number of benzene rings is 1. The summed E-state index contributed by atoms with van der Waals surface area (Å²) in [5.41, 5.74) is 7.11. The van der Waals surface area contributed by atoms with Crippen LogP contribution in [-0.4, -0.2) is 43.8 Å². The molecule has 1 aromatic carbocycles. The standard InChI is InChI=1S/C16H19BrFN5O2S/c1-26(24,25)16-22-14(19)13(9-2-3-12(18)11(17)8-9)15(23-16)21-10-4-6-20-7-5-10/h2-3,8,10,20H,4-7H2,1H3,(H3,19,21,22,23). The lowest BCUT2D eigenvalue weighted by Crippen LogP contribution is -2.35. The molecule has 3 rings (SSSR count). The molecule has 0 saturated carbocycles. The van der Waals surface area contributed by atoms with E-state index in [1.54, 1.807) is 12.1 Å². The number of halogens is 2. The molecule has 4 N–H and O–H groups in total. The summed E-state index contributed by atoms with van der Waals surface area (Å²) in [5.74, 6) is -0.0486. The van der Waals surface area contributed by atoms with E-state index >= 15 is 0 Å². The van der Waals surface area contributed by atoms with Crippen LogP contribution in [0.2, 0.25) is 0 Å². The molecule has 2 aromatic rings. The molecular formula is C16H19BrFN5O2S. The first-order valence-electron chi connectivity index (χ1n) is 8.06. The van der Waals surface area contributed by atoms with E-state index in [4.69, 9.17) is 5.73 Å². The van der Waals surface area contributed by atoms with Crippen molar-refractivity contribution in [2.45, 2.75) is 24.0 Å². The Balaban J connectivity index is 2.12. The molecule has 1 fully saturated rings. The zero-order chi connectivity index (χ0) is 18.9. The fraction of sp³-hybridized carbons (Fsp3) is 0.375. The van der Waals surface area contributed by atoms with Gasteiger partial charge in [0.05, 0.1) is 10.0 Å². The Labute approximate surface area is 159 Å². The Kier molecular flexibility index (Phi) is 5.44. The van der Waals surface area contributed by atoms with Crippen molar-refractivity contribution >= 4 is 37.4 Å². The summed E-state index contributed by atoms with van der Waals surface area (Å²) in [6, 6.07) is 4.55. The molecule has 0 amide bonds. The molecule has 10 heteroatoms. The van der Waals surface area contributed by atoms with Crippen molar-refractivity contribution in [2.24, 2.45) is 0 Å². The average Bonchev–Trinajstić information content (AvgIpc) is 2.57. The zero-order valence-corrected chi connectivity index (χ0v) is 16.5. The molecule has 0 bridgehead atoms. The summed E-state index contributed by atoms with van der Waals surface area (Å²) in [4.78, 5) is 8.15. The van der Waals surface area contributed by atoms with Crippen LogP contribution >= 0.6 is 15.9 Å². The van der Waals surface area contributed by atoms with Gasteiger partial charge >= 0.3 is 0 Å². The number of nitrogens with one attached hydrogen (secondary N) is 2. The molecular weight excluding hydrogens is 425 g/mol. The zero-order valence-electron chi connectivity index (χ0n) is 14.1. The van der Waals surface area contributed by atoms with Gasteiger partial charge in [0.25, 0.3) is 5.16 Å². The Hall–Kier alpha value is -1.78. The van der Waals surface area contributed by atoms with Gasteiger partial charge in [-0.05, 0) is 59.6 Å². The molecule has 1 aliphatic heterocycles. The Morgan fingerprint density at radius 3 is 2.62 bits per heavy atom. The number of aromatic nitrogens is 2. The highest BCUT2D eigenvalue weighted by molar-refractivity contribution is 9.10. The molecule has 2 heterocycles. The number of nitrogen functional groups attached to an aromatic ring is 1. The smallest absolute Gasteiger partial charge is 0.250 e. The van der Waals surface area contributed by atoms with Crippen molar-refractivity contribution in [2.75, 3.05) is 30.4 Å². The fourth-order valence-electron chi connectivity index (χ4n) is 2.82. The topological polar surface area (TPSA) is 110 Å². The van der Waals surface area contributed by atoms with E-state index in [-0.39, 0.29) is 21.5 Å². The van der Waals surface area contributed by atoms with E-state index in [1.807, 2.05) is 0 Å². The minimum atomic E-state index is -3.63. The van der Waals surface area contributed by atoms with Crippen LogP contribution in [0.15, 0.2) is 27.8 Å². The molecule has 1 aromatic heterocycles. The lowest BCUT2D eigenvalue weighted by Gasteiger charge is -2.25. The maximum atomic E-state index is 13.6. The SMILES string of the molecule is CS(=O)(=O)c1nc(N)c(-c2ccc(F)c(Br)c2)c(NC2CCNCC2)n1. The molecule has 0 aliphatic carbocycles. The molecule has 7 nitrogen and oxygen atoms in total. The third kappa shape index (κ3) is 4.13. The minimum absolute atomic E-state index is 0.0235. The molecule has 0 atom stereocenters. The van der Waals surface area contributed by atoms with Gasteiger partial charge in [0.15, 0.2) is 0 Å². The predicted octanol–water partition coefficient (Wildman–Crippen LogP) is 2.19. The monoisotopic (exact) mass is 443 g/mol. The summed E-state index contributed by atoms with van der Waals surface area (Å²) in [6.45, 7) is 1.71. The molecule has 140 valence electrons. The number of nitrogens with zero attached hydrogens (tertiary/aromatic N) is 2. The normalized spacial score (nSPS) is 15.8. The van der Waals surface area contributed by atoms with Crippen LogP contribution in [0.3, 0.4) is 0 Å². The first-order chi connectivity index (χ1) is 12.3. The van der Waals surface area contributed by atoms with E-state index < -0.39 is 15.7 Å². The van der Waals surface area contributed by atoms with Crippen molar-refractivity contribution in [3.8, 4) is 11.1 Å². The van der Waals surface area contributed by atoms with E-state index in [1.165, 1.54) is 6.07 Å². The maximum Gasteiger partial charge on any atom is 0.250 e. The predicted molar refractivity (Wildman–Crippen MR) is 102 cm³/mol. The number of rotatable bonds is 4. The number of nitrogens with two attached hydrogens (primary N) is 1. The lowest BCUT2D eigenvalue weighted by atomic mass is 10.0. The summed E-state index contributed by atoms with van der Waals surface area (Å²) < 4.78 is 37.7. The van der Waals surface area contributed by atoms with E-state index in [0.717, 1.165) is 32.2 Å². The molecule has 0 spiro atoms. The first kappa shape index (κ1) is 19.0. The number of anilines is 2. The molecule has 26 heavy (non-hydrogen) atoms. The highest BCUT2D eigenvalue weighted by atomic mass is 79.9. The minimum Gasteiger partial charge on any atom is -0.383 e. The van der Waals surface area contributed by atoms with E-state index in [0.29, 0.717) is 16.9 Å². The van der Waals surface area contributed by atoms with E-state index in [9.17, 15) is 12.8 Å². The average molecular weight is 444 g/mol. The van der Waals surface area contributed by atoms with Gasteiger partial charge in [0.1, 0.15) is 17.5 Å². The van der Waals surface area contributed by atoms with Gasteiger partial charge in [-0.25, -0.2) is 22.8 Å². The fourth-order valence-corrected chi connectivity index (χ4v) is 3.72. The molecule has 1 aliphatic rings. The number of hydrogen-bond acceptors (Lipinski definition) is 7. The van der Waals surface area contributed by atoms with Crippen LogP contribution in [-0.2, 0) is 9.84 Å². The van der Waals surface area contributed by atoms with E-state index in [2.05, 4.69) is 36.5 Å². The van der Waals surface area contributed by atoms with Gasteiger partial charge in [-0.15, -0.1) is 0 Å². The molecule has 0 unspecified atom stereocenters. The third-order valence-electron chi connectivity index (χ3n) is 4.14. The highest BCUT2D eigenvalue weighted by Crippen LogP contribution is 2.35. The van der Waals surface area contributed by atoms with Crippen molar-refractivity contribution in [3.63, 3.8) is 0 Å².